The van der Waals surface area contributed by atoms with Gasteiger partial charge in [-0.1, -0.05) is 13.8 Å². The molecule has 0 bridgehead atoms. The highest BCUT2D eigenvalue weighted by Gasteiger charge is 2.31. The first-order chi connectivity index (χ1) is 8.47. The zero-order valence-electron chi connectivity index (χ0n) is 10.1. The lowest BCUT2D eigenvalue weighted by atomic mass is 10.1. The third kappa shape index (κ3) is 3.66. The lowest BCUT2D eigenvalue weighted by molar-refractivity contribution is -0.137. The minimum atomic E-state index is -4.34. The number of benzene rings is 1. The molecule has 2 rings (SSSR count). The number of rotatable bonds is 0. The number of carbonyl (C=O) groups excluding carboxylic acids is 1. The number of hydrogen-bond acceptors (Lipinski definition) is 2. The first kappa shape index (κ1) is 14.9. The molecule has 1 aromatic carbocycles. The zero-order chi connectivity index (χ0) is 13.8. The average molecular weight is 277 g/mol. The van der Waals surface area contributed by atoms with Crippen LogP contribution in [-0.2, 0) is 16.7 Å². The Morgan fingerprint density at radius 3 is 2.50 bits per heavy atom. The van der Waals surface area contributed by atoms with Gasteiger partial charge in [-0.05, 0) is 23.8 Å². The first-order valence-electron chi connectivity index (χ1n) is 5.54. The molecular formula is C12H14F3NOS. The van der Waals surface area contributed by atoms with Gasteiger partial charge in [-0.3, -0.25) is 4.79 Å². The normalized spacial score (nSPS) is 14.8. The molecule has 0 saturated carbocycles. The molecule has 0 saturated heterocycles. The third-order valence-corrected chi connectivity index (χ3v) is 3.18. The fourth-order valence-corrected chi connectivity index (χ4v) is 2.27. The van der Waals surface area contributed by atoms with E-state index >= 15 is 0 Å². The maximum atomic E-state index is 12.4. The van der Waals surface area contributed by atoms with Crippen LogP contribution in [0.15, 0.2) is 18.2 Å². The Morgan fingerprint density at radius 1 is 1.22 bits per heavy atom. The second-order valence-electron chi connectivity index (χ2n) is 3.41. The number of carbonyl (C=O) groups is 1. The van der Waals surface area contributed by atoms with Gasteiger partial charge in [0.2, 0.25) is 5.91 Å². The molecule has 6 heteroatoms. The molecule has 18 heavy (non-hydrogen) atoms. The van der Waals surface area contributed by atoms with Crippen molar-refractivity contribution in [2.75, 3.05) is 11.1 Å². The van der Waals surface area contributed by atoms with Crippen LogP contribution in [0.1, 0.15) is 25.0 Å². The van der Waals surface area contributed by atoms with Crippen molar-refractivity contribution in [2.45, 2.75) is 25.8 Å². The molecule has 0 aliphatic carbocycles. The van der Waals surface area contributed by atoms with Gasteiger partial charge in [-0.15, -0.1) is 11.8 Å². The molecule has 0 radical (unpaired) electrons. The van der Waals surface area contributed by atoms with Crippen LogP contribution in [0.25, 0.3) is 0 Å². The Hall–Kier alpha value is -1.17. The number of alkyl halides is 3. The maximum Gasteiger partial charge on any atom is 0.416 e. The molecule has 0 atom stereocenters. The van der Waals surface area contributed by atoms with Crippen LogP contribution in [0.3, 0.4) is 0 Å². The number of halogens is 3. The molecule has 1 amide bonds. The molecule has 0 fully saturated rings. The summed E-state index contributed by atoms with van der Waals surface area (Å²) in [5, 5.41) is 2.57. The minimum Gasteiger partial charge on any atom is -0.325 e. The zero-order valence-corrected chi connectivity index (χ0v) is 10.9. The maximum absolute atomic E-state index is 12.4. The monoisotopic (exact) mass is 277 g/mol. The van der Waals surface area contributed by atoms with Crippen LogP contribution < -0.4 is 5.32 Å². The van der Waals surface area contributed by atoms with Crippen molar-refractivity contribution in [1.29, 1.82) is 0 Å². The van der Waals surface area contributed by atoms with Crippen LogP contribution in [0.4, 0.5) is 18.9 Å². The van der Waals surface area contributed by atoms with Crippen LogP contribution in [-0.4, -0.2) is 11.7 Å². The molecule has 100 valence electrons. The molecule has 0 spiro atoms. The van der Waals surface area contributed by atoms with E-state index in [0.29, 0.717) is 17.0 Å². The third-order valence-electron chi connectivity index (χ3n) is 2.20. The van der Waals surface area contributed by atoms with Gasteiger partial charge in [0.15, 0.2) is 0 Å². The summed E-state index contributed by atoms with van der Waals surface area (Å²) in [5.41, 5.74) is 0.316. The van der Waals surface area contributed by atoms with Crippen LogP contribution in [0, 0.1) is 0 Å². The van der Waals surface area contributed by atoms with Gasteiger partial charge in [0.25, 0.3) is 0 Å². The lowest BCUT2D eigenvalue weighted by Gasteiger charge is -2.11. The summed E-state index contributed by atoms with van der Waals surface area (Å²) in [6, 6.07) is 3.38. The fourth-order valence-electron chi connectivity index (χ4n) is 1.45. The van der Waals surface area contributed by atoms with Gasteiger partial charge < -0.3 is 5.32 Å². The van der Waals surface area contributed by atoms with Crippen LogP contribution in [0.2, 0.25) is 0 Å². The highest BCUT2D eigenvalue weighted by molar-refractivity contribution is 7.99. The lowest BCUT2D eigenvalue weighted by Crippen LogP contribution is -2.13. The molecule has 1 N–H and O–H groups in total. The van der Waals surface area contributed by atoms with Crippen molar-refractivity contribution in [1.82, 2.24) is 0 Å². The summed E-state index contributed by atoms with van der Waals surface area (Å²) in [4.78, 5) is 11.2. The summed E-state index contributed by atoms with van der Waals surface area (Å²) in [6.07, 6.45) is -4.34. The summed E-state index contributed by atoms with van der Waals surface area (Å²) in [7, 11) is 0. The van der Waals surface area contributed by atoms with E-state index < -0.39 is 11.7 Å². The topological polar surface area (TPSA) is 29.1 Å². The molecule has 0 unspecified atom stereocenters. The number of hydrogen-bond donors (Lipinski definition) is 1. The predicted molar refractivity (Wildman–Crippen MR) is 67.6 cm³/mol. The Morgan fingerprint density at radius 2 is 1.89 bits per heavy atom. The van der Waals surface area contributed by atoms with Gasteiger partial charge in [-0.25, -0.2) is 0 Å². The van der Waals surface area contributed by atoms with E-state index in [0.717, 1.165) is 12.1 Å². The van der Waals surface area contributed by atoms with Gasteiger partial charge >= 0.3 is 6.18 Å². The molecule has 1 aromatic rings. The number of amides is 1. The van der Waals surface area contributed by atoms with Gasteiger partial charge in [-0.2, -0.15) is 13.2 Å². The Labute approximate surface area is 108 Å². The van der Waals surface area contributed by atoms with E-state index in [1.54, 1.807) is 0 Å². The molecule has 1 heterocycles. The van der Waals surface area contributed by atoms with E-state index in [4.69, 9.17) is 0 Å². The smallest absolute Gasteiger partial charge is 0.325 e. The molecule has 1 aliphatic heterocycles. The summed E-state index contributed by atoms with van der Waals surface area (Å²) >= 11 is 1.31. The molecule has 1 aliphatic rings. The summed E-state index contributed by atoms with van der Waals surface area (Å²) in [5.74, 6) is 0.511. The summed E-state index contributed by atoms with van der Waals surface area (Å²) < 4.78 is 37.3. The predicted octanol–water partition coefficient (Wildman–Crippen LogP) is 3.92. The van der Waals surface area contributed by atoms with E-state index in [-0.39, 0.29) is 11.7 Å². The minimum absolute atomic E-state index is 0.177. The first-order valence-corrected chi connectivity index (χ1v) is 6.70. The van der Waals surface area contributed by atoms with Gasteiger partial charge in [0.1, 0.15) is 0 Å². The van der Waals surface area contributed by atoms with Crippen molar-refractivity contribution in [3.63, 3.8) is 0 Å². The van der Waals surface area contributed by atoms with E-state index in [2.05, 4.69) is 5.32 Å². The molecule has 2 nitrogen and oxygen atoms in total. The average Bonchev–Trinajstić information content (AvgIpc) is 2.50. The second-order valence-corrected chi connectivity index (χ2v) is 4.40. The number of fused-ring (bicyclic) bond motifs is 1. The standard InChI is InChI=1S/C10H8F3NOS.C2H6/c11-10(12,13)7-1-2-8-6(3-7)4-16-5-9(15)14-8;1-2/h1-3H,4-5H2,(H,14,15);1-2H3. The van der Waals surface area contributed by atoms with Gasteiger partial charge in [0, 0.05) is 11.4 Å². The Bertz CT molecular complexity index is 432. The highest BCUT2D eigenvalue weighted by atomic mass is 32.2. The highest BCUT2D eigenvalue weighted by Crippen LogP contribution is 2.34. The largest absolute Gasteiger partial charge is 0.416 e. The van der Waals surface area contributed by atoms with Crippen LogP contribution >= 0.6 is 11.8 Å². The quantitative estimate of drug-likeness (QED) is 0.778. The molecular weight excluding hydrogens is 263 g/mol. The number of nitrogens with one attached hydrogen (secondary N) is 1. The van der Waals surface area contributed by atoms with E-state index in [9.17, 15) is 18.0 Å². The number of anilines is 1. The van der Waals surface area contributed by atoms with Crippen molar-refractivity contribution >= 4 is 23.4 Å². The van der Waals surface area contributed by atoms with Gasteiger partial charge in [0.05, 0.1) is 11.3 Å². The van der Waals surface area contributed by atoms with E-state index in [1.165, 1.54) is 17.8 Å². The number of thioether (sulfide) groups is 1. The van der Waals surface area contributed by atoms with E-state index in [1.807, 2.05) is 13.8 Å². The van der Waals surface area contributed by atoms with Crippen molar-refractivity contribution in [3.8, 4) is 0 Å². The van der Waals surface area contributed by atoms with Crippen LogP contribution in [0.5, 0.6) is 0 Å². The van der Waals surface area contributed by atoms with Crippen molar-refractivity contribution in [2.24, 2.45) is 0 Å². The second kappa shape index (κ2) is 6.13. The Kier molecular flexibility index (Phi) is 5.07. The summed E-state index contributed by atoms with van der Waals surface area (Å²) in [6.45, 7) is 4.00. The Balaban J connectivity index is 0.000000771. The fraction of sp³-hybridized carbons (Fsp3) is 0.417. The molecule has 0 aromatic heterocycles. The SMILES string of the molecule is CC.O=C1CSCc2cc(C(F)(F)F)ccc2N1. The van der Waals surface area contributed by atoms with Crippen molar-refractivity contribution in [3.05, 3.63) is 29.3 Å². The van der Waals surface area contributed by atoms with Crippen molar-refractivity contribution < 1.29 is 18.0 Å².